The molecular weight excluding hydrogens is 318 g/mol. The number of esters is 1. The van der Waals surface area contributed by atoms with E-state index in [0.717, 1.165) is 0 Å². The minimum atomic E-state index is -0.220. The van der Waals surface area contributed by atoms with Gasteiger partial charge in [-0.3, -0.25) is 14.4 Å². The lowest BCUT2D eigenvalue weighted by Crippen LogP contribution is -2.41. The molecule has 1 amide bonds. The van der Waals surface area contributed by atoms with Crippen LogP contribution in [0.5, 0.6) is 0 Å². The number of nitrogens with zero attached hydrogens (tertiary/aromatic N) is 2. The predicted molar refractivity (Wildman–Crippen MR) is 86.3 cm³/mol. The van der Waals surface area contributed by atoms with Crippen LogP contribution in [0.15, 0.2) is 16.0 Å². The van der Waals surface area contributed by atoms with E-state index in [4.69, 9.17) is 4.74 Å². The number of hydrogen-bond donors (Lipinski definition) is 1. The van der Waals surface area contributed by atoms with Crippen LogP contribution in [0.4, 0.5) is 0 Å². The maximum atomic E-state index is 12.2. The number of H-pyrrole nitrogens is 1. The van der Waals surface area contributed by atoms with E-state index >= 15 is 0 Å². The molecule has 7 nitrogen and oxygen atoms in total. The molecule has 0 unspecified atom stereocenters. The Balaban J connectivity index is 1.81. The van der Waals surface area contributed by atoms with Gasteiger partial charge in [-0.1, -0.05) is 11.8 Å². The summed E-state index contributed by atoms with van der Waals surface area (Å²) < 4.78 is 5.02. The van der Waals surface area contributed by atoms with Crippen molar-refractivity contribution in [1.29, 1.82) is 0 Å². The second kappa shape index (κ2) is 8.14. The van der Waals surface area contributed by atoms with Gasteiger partial charge in [0.2, 0.25) is 5.91 Å². The molecule has 0 aromatic carbocycles. The van der Waals surface area contributed by atoms with Gasteiger partial charge in [-0.2, -0.15) is 0 Å². The molecule has 1 saturated heterocycles. The maximum Gasteiger partial charge on any atom is 0.309 e. The van der Waals surface area contributed by atoms with Crippen molar-refractivity contribution in [2.45, 2.75) is 31.8 Å². The van der Waals surface area contributed by atoms with Crippen LogP contribution in [0.25, 0.3) is 0 Å². The van der Waals surface area contributed by atoms with Crippen LogP contribution >= 0.6 is 11.8 Å². The van der Waals surface area contributed by atoms with E-state index in [2.05, 4.69) is 9.97 Å². The zero-order valence-corrected chi connectivity index (χ0v) is 14.1. The summed E-state index contributed by atoms with van der Waals surface area (Å²) in [6.07, 6.45) is 1.27. The molecule has 0 saturated carbocycles. The Kier molecular flexibility index (Phi) is 6.20. The second-order valence-corrected chi connectivity index (χ2v) is 6.35. The summed E-state index contributed by atoms with van der Waals surface area (Å²) in [5.74, 6) is -0.0744. The number of hydrogen-bond acceptors (Lipinski definition) is 6. The largest absolute Gasteiger partial charge is 0.466 e. The molecule has 1 aliphatic rings. The highest BCUT2D eigenvalue weighted by Gasteiger charge is 2.28. The number of likely N-dealkylation sites (tertiary alicyclic amines) is 1. The summed E-state index contributed by atoms with van der Waals surface area (Å²) in [7, 11) is 0. The molecule has 0 aliphatic carbocycles. The molecule has 2 heterocycles. The van der Waals surface area contributed by atoms with Gasteiger partial charge < -0.3 is 14.6 Å². The fourth-order valence-electron chi connectivity index (χ4n) is 2.47. The molecule has 0 bridgehead atoms. The average molecular weight is 339 g/mol. The van der Waals surface area contributed by atoms with E-state index < -0.39 is 0 Å². The molecule has 0 radical (unpaired) electrons. The normalized spacial score (nSPS) is 15.5. The first-order valence-electron chi connectivity index (χ1n) is 7.64. The van der Waals surface area contributed by atoms with Crippen molar-refractivity contribution in [3.8, 4) is 0 Å². The first kappa shape index (κ1) is 17.5. The van der Waals surface area contributed by atoms with Gasteiger partial charge in [0.1, 0.15) is 0 Å². The molecule has 1 fully saturated rings. The quantitative estimate of drug-likeness (QED) is 0.488. The first-order chi connectivity index (χ1) is 11.0. The number of carbonyl (C=O) groups excluding carboxylic acids is 2. The minimum Gasteiger partial charge on any atom is -0.466 e. The Morgan fingerprint density at radius 3 is 2.74 bits per heavy atom. The fourth-order valence-corrected chi connectivity index (χ4v) is 3.29. The van der Waals surface area contributed by atoms with E-state index in [0.29, 0.717) is 43.4 Å². The second-order valence-electron chi connectivity index (χ2n) is 5.39. The van der Waals surface area contributed by atoms with Crippen LogP contribution < -0.4 is 5.56 Å². The van der Waals surface area contributed by atoms with E-state index in [1.54, 1.807) is 18.7 Å². The number of aryl methyl sites for hydroxylation is 1. The van der Waals surface area contributed by atoms with Crippen molar-refractivity contribution in [3.05, 3.63) is 22.1 Å². The van der Waals surface area contributed by atoms with Gasteiger partial charge in [-0.05, 0) is 26.7 Å². The lowest BCUT2D eigenvalue weighted by molar-refractivity contribution is -0.151. The molecular formula is C15H21N3O4S. The monoisotopic (exact) mass is 339 g/mol. The zero-order chi connectivity index (χ0) is 16.8. The zero-order valence-electron chi connectivity index (χ0n) is 13.3. The first-order valence-corrected chi connectivity index (χ1v) is 8.63. The summed E-state index contributed by atoms with van der Waals surface area (Å²) in [6.45, 7) is 5.02. The van der Waals surface area contributed by atoms with Crippen molar-refractivity contribution in [2.75, 3.05) is 25.4 Å². The Hall–Kier alpha value is -1.83. The fraction of sp³-hybridized carbons (Fsp3) is 0.600. The van der Waals surface area contributed by atoms with Crippen LogP contribution in [0.1, 0.15) is 25.5 Å². The molecule has 126 valence electrons. The van der Waals surface area contributed by atoms with Gasteiger partial charge in [0.15, 0.2) is 5.16 Å². The number of rotatable bonds is 5. The van der Waals surface area contributed by atoms with Gasteiger partial charge in [0.05, 0.1) is 18.3 Å². The highest BCUT2D eigenvalue weighted by Crippen LogP contribution is 2.20. The molecule has 1 aromatic rings. The van der Waals surface area contributed by atoms with Gasteiger partial charge in [-0.25, -0.2) is 4.98 Å². The Morgan fingerprint density at radius 2 is 2.13 bits per heavy atom. The molecule has 1 aromatic heterocycles. The van der Waals surface area contributed by atoms with Gasteiger partial charge in [0.25, 0.3) is 5.56 Å². The molecule has 2 rings (SSSR count). The maximum absolute atomic E-state index is 12.2. The minimum absolute atomic E-state index is 0.0125. The van der Waals surface area contributed by atoms with Crippen molar-refractivity contribution < 1.29 is 14.3 Å². The molecule has 1 N–H and O–H groups in total. The third-order valence-electron chi connectivity index (χ3n) is 3.65. The SMILES string of the molecule is CCOC(=O)C1CCN(C(=O)CSc2nc(C)cc(=O)[nH]2)CC1. The van der Waals surface area contributed by atoms with E-state index in [1.807, 2.05) is 0 Å². The summed E-state index contributed by atoms with van der Waals surface area (Å²) in [5.41, 5.74) is 0.404. The molecule has 8 heteroatoms. The van der Waals surface area contributed by atoms with Crippen LogP contribution in [0.3, 0.4) is 0 Å². The Morgan fingerprint density at radius 1 is 1.43 bits per heavy atom. The van der Waals surface area contributed by atoms with Gasteiger partial charge in [-0.15, -0.1) is 0 Å². The summed E-state index contributed by atoms with van der Waals surface area (Å²) in [4.78, 5) is 43.8. The highest BCUT2D eigenvalue weighted by atomic mass is 32.2. The number of carbonyl (C=O) groups is 2. The summed E-state index contributed by atoms with van der Waals surface area (Å²) >= 11 is 1.22. The summed E-state index contributed by atoms with van der Waals surface area (Å²) in [5, 5.41) is 0.449. The number of nitrogens with one attached hydrogen (secondary N) is 1. The molecule has 0 spiro atoms. The molecule has 0 atom stereocenters. The van der Waals surface area contributed by atoms with Crippen molar-refractivity contribution in [3.63, 3.8) is 0 Å². The predicted octanol–water partition coefficient (Wildman–Crippen LogP) is 0.972. The van der Waals surface area contributed by atoms with Crippen molar-refractivity contribution >= 4 is 23.6 Å². The topological polar surface area (TPSA) is 92.4 Å². The number of thioether (sulfide) groups is 1. The number of ether oxygens (including phenoxy) is 1. The molecule has 23 heavy (non-hydrogen) atoms. The smallest absolute Gasteiger partial charge is 0.309 e. The standard InChI is InChI=1S/C15H21N3O4S/c1-3-22-14(21)11-4-6-18(7-5-11)13(20)9-23-15-16-10(2)8-12(19)17-15/h8,11H,3-7,9H2,1-2H3,(H,16,17,19). The van der Waals surface area contributed by atoms with Crippen molar-refractivity contribution in [2.24, 2.45) is 5.92 Å². The highest BCUT2D eigenvalue weighted by molar-refractivity contribution is 7.99. The van der Waals surface area contributed by atoms with Crippen LogP contribution in [0.2, 0.25) is 0 Å². The number of amides is 1. The summed E-state index contributed by atoms with van der Waals surface area (Å²) in [6, 6.07) is 1.41. The Bertz CT molecular complexity index is 623. The van der Waals surface area contributed by atoms with Crippen LogP contribution in [-0.4, -0.2) is 52.2 Å². The lowest BCUT2D eigenvalue weighted by atomic mass is 9.97. The van der Waals surface area contributed by atoms with Gasteiger partial charge in [0, 0.05) is 24.8 Å². The van der Waals surface area contributed by atoms with Crippen LogP contribution in [0, 0.1) is 12.8 Å². The number of aromatic nitrogens is 2. The third-order valence-corrected chi connectivity index (χ3v) is 4.51. The Labute approximate surface area is 138 Å². The molecule has 1 aliphatic heterocycles. The van der Waals surface area contributed by atoms with E-state index in [-0.39, 0.29) is 29.1 Å². The van der Waals surface area contributed by atoms with E-state index in [1.165, 1.54) is 17.8 Å². The van der Waals surface area contributed by atoms with E-state index in [9.17, 15) is 14.4 Å². The van der Waals surface area contributed by atoms with Gasteiger partial charge >= 0.3 is 5.97 Å². The number of piperidine rings is 1. The lowest BCUT2D eigenvalue weighted by Gasteiger charge is -2.30. The third kappa shape index (κ3) is 5.09. The number of aromatic amines is 1. The average Bonchev–Trinajstić information content (AvgIpc) is 2.52. The van der Waals surface area contributed by atoms with Crippen LogP contribution in [-0.2, 0) is 14.3 Å². The van der Waals surface area contributed by atoms with Crippen molar-refractivity contribution in [1.82, 2.24) is 14.9 Å².